The minimum absolute atomic E-state index is 0.0309. The zero-order valence-corrected chi connectivity index (χ0v) is 19.9. The third-order valence-electron chi connectivity index (χ3n) is 6.06. The van der Waals surface area contributed by atoms with E-state index in [1.54, 1.807) is 6.92 Å². The highest BCUT2D eigenvalue weighted by atomic mass is 32.1. The van der Waals surface area contributed by atoms with Gasteiger partial charge in [0.1, 0.15) is 23.7 Å². The first-order valence-electron chi connectivity index (χ1n) is 10.9. The Morgan fingerprint density at radius 1 is 1.09 bits per heavy atom. The van der Waals surface area contributed by atoms with Crippen LogP contribution in [-0.2, 0) is 14.3 Å². The molecule has 1 unspecified atom stereocenters. The molecule has 1 atom stereocenters. The second-order valence-corrected chi connectivity index (χ2v) is 9.43. The van der Waals surface area contributed by atoms with Crippen molar-refractivity contribution in [1.82, 2.24) is 5.32 Å². The molecule has 1 aliphatic carbocycles. The van der Waals surface area contributed by atoms with Gasteiger partial charge in [-0.2, -0.15) is 5.26 Å². The number of alkyl carbamates (subject to hydrolysis) is 1. The zero-order chi connectivity index (χ0) is 25.1. The summed E-state index contributed by atoms with van der Waals surface area (Å²) in [7, 11) is 0. The van der Waals surface area contributed by atoms with Gasteiger partial charge in [0, 0.05) is 10.8 Å². The maximum absolute atomic E-state index is 12.8. The SMILES string of the molecule is Cc1sc(NC(=O)C(CC(=O)O)NC(=O)OCC2c3ccccc3-c3ccccc32)c(C#N)c1C. The normalized spacial score (nSPS) is 12.7. The van der Waals surface area contributed by atoms with Crippen molar-refractivity contribution >= 4 is 34.3 Å². The molecule has 1 aliphatic rings. The number of benzene rings is 2. The van der Waals surface area contributed by atoms with Crippen LogP contribution in [0.3, 0.4) is 0 Å². The van der Waals surface area contributed by atoms with Gasteiger partial charge in [0.25, 0.3) is 0 Å². The van der Waals surface area contributed by atoms with E-state index in [4.69, 9.17) is 4.74 Å². The smallest absolute Gasteiger partial charge is 0.407 e. The number of rotatable bonds is 7. The van der Waals surface area contributed by atoms with Crippen molar-refractivity contribution in [3.63, 3.8) is 0 Å². The molecule has 0 spiro atoms. The first-order chi connectivity index (χ1) is 16.8. The molecule has 0 saturated heterocycles. The number of carboxylic acid groups (broad SMARTS) is 1. The number of fused-ring (bicyclic) bond motifs is 3. The van der Waals surface area contributed by atoms with Crippen molar-refractivity contribution in [3.05, 3.63) is 75.7 Å². The lowest BCUT2D eigenvalue weighted by atomic mass is 9.98. The number of nitrogens with zero attached hydrogens (tertiary/aromatic N) is 1. The Labute approximate surface area is 206 Å². The number of carbonyl (C=O) groups is 3. The molecule has 1 aromatic heterocycles. The summed E-state index contributed by atoms with van der Waals surface area (Å²) in [5, 5.41) is 23.9. The van der Waals surface area contributed by atoms with Gasteiger partial charge in [-0.25, -0.2) is 4.79 Å². The highest BCUT2D eigenvalue weighted by molar-refractivity contribution is 7.16. The predicted octanol–water partition coefficient (Wildman–Crippen LogP) is 4.56. The lowest BCUT2D eigenvalue weighted by Crippen LogP contribution is -2.45. The molecule has 3 N–H and O–H groups in total. The van der Waals surface area contributed by atoms with E-state index in [2.05, 4.69) is 10.6 Å². The fourth-order valence-corrected chi connectivity index (χ4v) is 5.23. The van der Waals surface area contributed by atoms with Gasteiger partial charge < -0.3 is 20.5 Å². The number of thiophene rings is 1. The first kappa shape index (κ1) is 24.0. The molecule has 0 radical (unpaired) electrons. The fraction of sp³-hybridized carbons (Fsp3) is 0.231. The van der Waals surface area contributed by atoms with E-state index >= 15 is 0 Å². The highest BCUT2D eigenvalue weighted by Gasteiger charge is 2.30. The Kier molecular flexibility index (Phi) is 6.85. The van der Waals surface area contributed by atoms with Crippen molar-refractivity contribution in [2.24, 2.45) is 0 Å². The van der Waals surface area contributed by atoms with Crippen LogP contribution in [0, 0.1) is 25.2 Å². The molecule has 2 amide bonds. The first-order valence-corrected chi connectivity index (χ1v) is 11.8. The number of carbonyl (C=O) groups excluding carboxylic acids is 2. The summed E-state index contributed by atoms with van der Waals surface area (Å²) < 4.78 is 5.45. The van der Waals surface area contributed by atoms with Crippen LogP contribution >= 0.6 is 11.3 Å². The molecule has 0 bridgehead atoms. The molecule has 0 fully saturated rings. The summed E-state index contributed by atoms with van der Waals surface area (Å²) in [4.78, 5) is 37.6. The lowest BCUT2D eigenvalue weighted by Gasteiger charge is -2.18. The van der Waals surface area contributed by atoms with E-state index in [1.807, 2.05) is 61.5 Å². The minimum atomic E-state index is -1.38. The molecule has 1 heterocycles. The van der Waals surface area contributed by atoms with Crippen LogP contribution in [0.15, 0.2) is 48.5 Å². The molecule has 0 saturated carbocycles. The number of aliphatic carboxylic acids is 1. The predicted molar refractivity (Wildman–Crippen MR) is 131 cm³/mol. The van der Waals surface area contributed by atoms with E-state index in [9.17, 15) is 24.8 Å². The van der Waals surface area contributed by atoms with Crippen molar-refractivity contribution in [2.45, 2.75) is 32.2 Å². The second-order valence-electron chi connectivity index (χ2n) is 8.21. The summed E-state index contributed by atoms with van der Waals surface area (Å²) in [5.74, 6) is -2.17. The second kappa shape index (κ2) is 9.99. The molecule has 178 valence electrons. The number of anilines is 1. The van der Waals surface area contributed by atoms with Gasteiger partial charge in [-0.1, -0.05) is 48.5 Å². The van der Waals surface area contributed by atoms with Crippen LogP contribution < -0.4 is 10.6 Å². The van der Waals surface area contributed by atoms with Crippen molar-refractivity contribution in [3.8, 4) is 17.2 Å². The van der Waals surface area contributed by atoms with Crippen LogP contribution in [0.5, 0.6) is 0 Å². The molecule has 9 heteroatoms. The number of hydrogen-bond donors (Lipinski definition) is 3. The average molecular weight is 490 g/mol. The van der Waals surface area contributed by atoms with Crippen LogP contribution in [0.25, 0.3) is 11.1 Å². The summed E-state index contributed by atoms with van der Waals surface area (Å²) in [6, 6.07) is 16.4. The molecule has 8 nitrogen and oxygen atoms in total. The minimum Gasteiger partial charge on any atom is -0.481 e. The molecular formula is C26H23N3O5S. The fourth-order valence-electron chi connectivity index (χ4n) is 4.21. The lowest BCUT2D eigenvalue weighted by molar-refractivity contribution is -0.139. The number of aryl methyl sites for hydroxylation is 1. The standard InChI is InChI=1S/C26H23N3O5S/c1-14-15(2)35-25(20(14)12-27)29-24(32)22(11-23(30)31)28-26(33)34-13-21-18-9-5-3-7-16(18)17-8-4-6-10-19(17)21/h3-10,21-22H,11,13H2,1-2H3,(H,28,33)(H,29,32)(H,30,31). The van der Waals surface area contributed by atoms with Crippen LogP contribution in [0.4, 0.5) is 9.80 Å². The van der Waals surface area contributed by atoms with Crippen LogP contribution in [0.1, 0.15) is 39.5 Å². The average Bonchev–Trinajstić information content (AvgIpc) is 3.30. The van der Waals surface area contributed by atoms with Gasteiger partial charge in [0.2, 0.25) is 5.91 Å². The van der Waals surface area contributed by atoms with Gasteiger partial charge in [-0.3, -0.25) is 9.59 Å². The van der Waals surface area contributed by atoms with Crippen molar-refractivity contribution < 1.29 is 24.2 Å². The van der Waals surface area contributed by atoms with Gasteiger partial charge in [-0.15, -0.1) is 11.3 Å². The van der Waals surface area contributed by atoms with Gasteiger partial charge in [0.15, 0.2) is 0 Å². The summed E-state index contributed by atoms with van der Waals surface area (Å²) in [6.45, 7) is 3.62. The van der Waals surface area contributed by atoms with Crippen molar-refractivity contribution in [2.75, 3.05) is 11.9 Å². The molecule has 35 heavy (non-hydrogen) atoms. The number of hydrogen-bond acceptors (Lipinski definition) is 6. The Balaban J connectivity index is 1.45. The summed E-state index contributed by atoms with van der Waals surface area (Å²) in [5.41, 5.74) is 5.29. The zero-order valence-electron chi connectivity index (χ0n) is 19.1. The maximum Gasteiger partial charge on any atom is 0.407 e. The van der Waals surface area contributed by atoms with E-state index in [0.717, 1.165) is 32.7 Å². The molecule has 3 aromatic rings. The third-order valence-corrected chi connectivity index (χ3v) is 7.19. The van der Waals surface area contributed by atoms with Gasteiger partial charge in [0.05, 0.1) is 12.0 Å². The molecule has 4 rings (SSSR count). The molecule has 0 aliphatic heterocycles. The number of nitrogens with one attached hydrogen (secondary N) is 2. The molecular weight excluding hydrogens is 466 g/mol. The number of ether oxygens (including phenoxy) is 1. The van der Waals surface area contributed by atoms with Crippen LogP contribution in [-0.4, -0.2) is 35.7 Å². The Morgan fingerprint density at radius 2 is 1.69 bits per heavy atom. The Morgan fingerprint density at radius 3 is 2.26 bits per heavy atom. The topological polar surface area (TPSA) is 129 Å². The van der Waals surface area contributed by atoms with Crippen molar-refractivity contribution in [1.29, 1.82) is 5.26 Å². The number of carboxylic acids is 1. The van der Waals surface area contributed by atoms with Crippen LogP contribution in [0.2, 0.25) is 0 Å². The van der Waals surface area contributed by atoms with Gasteiger partial charge >= 0.3 is 12.1 Å². The summed E-state index contributed by atoms with van der Waals surface area (Å²) in [6.07, 6.45) is -1.53. The number of nitriles is 1. The number of amides is 2. The monoisotopic (exact) mass is 489 g/mol. The largest absolute Gasteiger partial charge is 0.481 e. The highest BCUT2D eigenvalue weighted by Crippen LogP contribution is 2.44. The Bertz CT molecular complexity index is 1310. The van der Waals surface area contributed by atoms with Gasteiger partial charge in [-0.05, 0) is 41.7 Å². The molecule has 2 aromatic carbocycles. The van der Waals surface area contributed by atoms with E-state index in [1.165, 1.54) is 11.3 Å². The maximum atomic E-state index is 12.8. The van der Waals surface area contributed by atoms with E-state index in [-0.39, 0.29) is 12.5 Å². The van der Waals surface area contributed by atoms with E-state index < -0.39 is 30.4 Å². The summed E-state index contributed by atoms with van der Waals surface area (Å²) >= 11 is 1.22. The quantitative estimate of drug-likeness (QED) is 0.446. The third kappa shape index (κ3) is 4.88. The Hall–Kier alpha value is -4.16. The van der Waals surface area contributed by atoms with E-state index in [0.29, 0.717) is 10.6 Å².